The molecule has 0 atom stereocenters. The van der Waals surface area contributed by atoms with E-state index in [0.717, 1.165) is 11.8 Å². The largest absolute Gasteiger partial charge is 0.321 e. The second-order valence-corrected chi connectivity index (χ2v) is 2.01. The topological polar surface area (TPSA) is 46.2 Å². The van der Waals surface area contributed by atoms with Crippen LogP contribution in [-0.2, 0) is 0 Å². The van der Waals surface area contributed by atoms with Crippen molar-refractivity contribution in [3.8, 4) is 0 Å². The predicted octanol–water partition coefficient (Wildman–Crippen LogP) is 1.42. The highest BCUT2D eigenvalue weighted by molar-refractivity contribution is 8.13. The van der Waals surface area contributed by atoms with Crippen LogP contribution in [0.3, 0.4) is 0 Å². The van der Waals surface area contributed by atoms with E-state index in [4.69, 9.17) is 11.6 Å². The lowest BCUT2D eigenvalue weighted by Crippen LogP contribution is -2.20. The van der Waals surface area contributed by atoms with Crippen LogP contribution in [0.4, 0.5) is 9.59 Å². The van der Waals surface area contributed by atoms with Gasteiger partial charge in [0.15, 0.2) is 0 Å². The minimum atomic E-state index is -0.843. The Kier molecular flexibility index (Phi) is 3.64. The molecule has 0 fully saturated rings. The average Bonchev–Trinajstić information content (AvgIpc) is 1.65. The summed E-state index contributed by atoms with van der Waals surface area (Å²) in [6, 6.07) is 0. The van der Waals surface area contributed by atoms with Crippen molar-refractivity contribution in [2.75, 3.05) is 6.26 Å². The first kappa shape index (κ1) is 7.78. The van der Waals surface area contributed by atoms with Crippen molar-refractivity contribution in [3.05, 3.63) is 0 Å². The van der Waals surface area contributed by atoms with Crippen molar-refractivity contribution in [1.29, 1.82) is 0 Å². The molecule has 0 aromatic carbocycles. The normalized spacial score (nSPS) is 8.25. The minimum Gasteiger partial charge on any atom is -0.273 e. The van der Waals surface area contributed by atoms with Gasteiger partial charge in [0.05, 0.1) is 0 Å². The Balaban J connectivity index is 3.40. The van der Waals surface area contributed by atoms with Gasteiger partial charge >= 0.3 is 5.37 Å². The van der Waals surface area contributed by atoms with E-state index < -0.39 is 10.6 Å². The molecule has 46 valence electrons. The molecule has 3 nitrogen and oxygen atoms in total. The molecule has 0 saturated carbocycles. The Morgan fingerprint density at radius 1 is 1.62 bits per heavy atom. The maximum Gasteiger partial charge on any atom is 0.321 e. The summed E-state index contributed by atoms with van der Waals surface area (Å²) in [6.45, 7) is 0. The van der Waals surface area contributed by atoms with Crippen LogP contribution in [0.1, 0.15) is 0 Å². The Bertz CT molecular complexity index is 116. The summed E-state index contributed by atoms with van der Waals surface area (Å²) in [5, 5.41) is 0.560. The fourth-order valence-electron chi connectivity index (χ4n) is 0.131. The Morgan fingerprint density at radius 2 is 2.12 bits per heavy atom. The SMILES string of the molecule is CSC(=O)NC(=O)Cl. The molecule has 5 heteroatoms. The third-order valence-electron chi connectivity index (χ3n) is 0.386. The van der Waals surface area contributed by atoms with Crippen molar-refractivity contribution in [2.24, 2.45) is 0 Å². The molecule has 0 bridgehead atoms. The molecule has 0 radical (unpaired) electrons. The van der Waals surface area contributed by atoms with Crippen LogP contribution in [0, 0.1) is 0 Å². The summed E-state index contributed by atoms with van der Waals surface area (Å²) in [7, 11) is 0. The Morgan fingerprint density at radius 3 is 2.25 bits per heavy atom. The standard InChI is InChI=1S/C3H4ClNO2S/c1-8-3(7)5-2(4)6/h1H3,(H,5,6,7). The maximum absolute atomic E-state index is 10.2. The average molecular weight is 154 g/mol. The van der Waals surface area contributed by atoms with E-state index in [1.165, 1.54) is 0 Å². The number of nitrogens with one attached hydrogen (secondary N) is 1. The molecule has 0 aliphatic carbocycles. The first-order valence-corrected chi connectivity index (χ1v) is 3.31. The molecule has 0 unspecified atom stereocenters. The molecular weight excluding hydrogens is 150 g/mol. The van der Waals surface area contributed by atoms with E-state index in [1.54, 1.807) is 6.26 Å². The lowest BCUT2D eigenvalue weighted by atomic mass is 11.2. The number of thioether (sulfide) groups is 1. The smallest absolute Gasteiger partial charge is 0.273 e. The van der Waals surface area contributed by atoms with Crippen LogP contribution in [0.5, 0.6) is 0 Å². The summed E-state index contributed by atoms with van der Waals surface area (Å²) in [6.07, 6.45) is 1.55. The number of imide groups is 1. The van der Waals surface area contributed by atoms with Crippen LogP contribution in [0.2, 0.25) is 0 Å². The van der Waals surface area contributed by atoms with Crippen molar-refractivity contribution in [3.63, 3.8) is 0 Å². The second kappa shape index (κ2) is 3.74. The summed E-state index contributed by atoms with van der Waals surface area (Å²) in [5.41, 5.74) is 0. The number of hydrogen-bond donors (Lipinski definition) is 1. The highest BCUT2D eigenvalue weighted by Gasteiger charge is 1.99. The van der Waals surface area contributed by atoms with E-state index >= 15 is 0 Å². The van der Waals surface area contributed by atoms with Gasteiger partial charge < -0.3 is 0 Å². The fourth-order valence-corrected chi connectivity index (χ4v) is 0.468. The third kappa shape index (κ3) is 3.95. The predicted molar refractivity (Wildman–Crippen MR) is 33.3 cm³/mol. The second-order valence-electron chi connectivity index (χ2n) is 0.890. The van der Waals surface area contributed by atoms with Crippen molar-refractivity contribution < 1.29 is 9.59 Å². The summed E-state index contributed by atoms with van der Waals surface area (Å²) < 4.78 is 0. The van der Waals surface area contributed by atoms with Gasteiger partial charge in [0.1, 0.15) is 0 Å². The summed E-state index contributed by atoms with van der Waals surface area (Å²) in [4.78, 5) is 20.0. The monoisotopic (exact) mass is 153 g/mol. The van der Waals surface area contributed by atoms with Crippen molar-refractivity contribution >= 4 is 34.0 Å². The Labute approximate surface area is 55.8 Å². The zero-order valence-electron chi connectivity index (χ0n) is 4.10. The number of carbonyl (C=O) groups is 2. The van der Waals surface area contributed by atoms with Gasteiger partial charge in [-0.05, 0) is 17.9 Å². The van der Waals surface area contributed by atoms with Gasteiger partial charge in [-0.25, -0.2) is 0 Å². The van der Waals surface area contributed by atoms with Gasteiger partial charge in [-0.15, -0.1) is 0 Å². The molecule has 0 aliphatic rings. The molecule has 1 N–H and O–H groups in total. The molecule has 0 rings (SSSR count). The van der Waals surface area contributed by atoms with Gasteiger partial charge in [0.25, 0.3) is 5.24 Å². The zero-order chi connectivity index (χ0) is 6.57. The molecule has 0 spiro atoms. The molecule has 0 aromatic rings. The first-order chi connectivity index (χ1) is 3.66. The first-order valence-electron chi connectivity index (χ1n) is 1.71. The number of halogens is 1. The highest BCUT2D eigenvalue weighted by Crippen LogP contribution is 1.92. The van der Waals surface area contributed by atoms with E-state index in [2.05, 4.69) is 0 Å². The van der Waals surface area contributed by atoms with Crippen LogP contribution in [-0.4, -0.2) is 16.9 Å². The number of amides is 2. The summed E-state index contributed by atoms with van der Waals surface area (Å²) in [5.74, 6) is 0. The fraction of sp³-hybridized carbons (Fsp3) is 0.333. The molecule has 0 saturated heterocycles. The van der Waals surface area contributed by atoms with E-state index in [-0.39, 0.29) is 0 Å². The highest BCUT2D eigenvalue weighted by atomic mass is 35.5. The van der Waals surface area contributed by atoms with E-state index in [1.807, 2.05) is 5.32 Å². The van der Waals surface area contributed by atoms with Gasteiger partial charge in [-0.1, -0.05) is 11.8 Å². The van der Waals surface area contributed by atoms with E-state index in [0.29, 0.717) is 0 Å². The number of rotatable bonds is 0. The van der Waals surface area contributed by atoms with Crippen LogP contribution in [0.15, 0.2) is 0 Å². The van der Waals surface area contributed by atoms with Gasteiger partial charge in [-0.2, -0.15) is 0 Å². The maximum atomic E-state index is 10.2. The van der Waals surface area contributed by atoms with Crippen LogP contribution >= 0.6 is 23.4 Å². The number of carbonyl (C=O) groups excluding carboxylic acids is 2. The van der Waals surface area contributed by atoms with Gasteiger partial charge in [0, 0.05) is 0 Å². The molecule has 2 amide bonds. The van der Waals surface area contributed by atoms with Crippen molar-refractivity contribution in [1.82, 2.24) is 5.32 Å². The molecule has 0 aliphatic heterocycles. The third-order valence-corrected chi connectivity index (χ3v) is 0.953. The lowest BCUT2D eigenvalue weighted by Gasteiger charge is -1.90. The Hall–Kier alpha value is -0.220. The molecule has 0 heterocycles. The summed E-state index contributed by atoms with van der Waals surface area (Å²) >= 11 is 5.67. The van der Waals surface area contributed by atoms with Gasteiger partial charge in [-0.3, -0.25) is 14.9 Å². The lowest BCUT2D eigenvalue weighted by molar-refractivity contribution is 0.250. The zero-order valence-corrected chi connectivity index (χ0v) is 5.68. The van der Waals surface area contributed by atoms with Crippen LogP contribution in [0.25, 0.3) is 0 Å². The van der Waals surface area contributed by atoms with Crippen molar-refractivity contribution in [2.45, 2.75) is 0 Å². The molecular formula is C3H4ClNO2S. The molecule has 0 aromatic heterocycles. The van der Waals surface area contributed by atoms with E-state index in [9.17, 15) is 9.59 Å². The molecule has 8 heavy (non-hydrogen) atoms. The minimum absolute atomic E-state index is 0.440. The number of hydrogen-bond acceptors (Lipinski definition) is 3. The van der Waals surface area contributed by atoms with Gasteiger partial charge in [0.2, 0.25) is 0 Å². The quantitative estimate of drug-likeness (QED) is 0.423. The van der Waals surface area contributed by atoms with Crippen LogP contribution < -0.4 is 5.32 Å².